The first kappa shape index (κ1) is 15.9. The lowest BCUT2D eigenvalue weighted by molar-refractivity contribution is -0.0253. The zero-order valence-electron chi connectivity index (χ0n) is 11.8. The van der Waals surface area contributed by atoms with Crippen LogP contribution >= 0.6 is 23.4 Å². The van der Waals surface area contributed by atoms with Crippen LogP contribution in [-0.4, -0.2) is 64.3 Å². The average molecular weight is 346 g/mol. The molecule has 4 unspecified atom stereocenters. The fourth-order valence-corrected chi connectivity index (χ4v) is 3.43. The molecule has 0 bridgehead atoms. The highest BCUT2D eigenvalue weighted by Crippen LogP contribution is 2.33. The molecule has 0 aliphatic heterocycles. The van der Waals surface area contributed by atoms with Gasteiger partial charge in [-0.2, -0.15) is 0 Å². The van der Waals surface area contributed by atoms with Crippen molar-refractivity contribution in [3.8, 4) is 0 Å². The Morgan fingerprint density at radius 2 is 2.05 bits per heavy atom. The first-order valence-corrected chi connectivity index (χ1v) is 8.34. The molecule has 0 spiro atoms. The van der Waals surface area contributed by atoms with Crippen LogP contribution in [0, 0.1) is 0 Å². The third kappa shape index (κ3) is 2.67. The Morgan fingerprint density at radius 1 is 1.27 bits per heavy atom. The van der Waals surface area contributed by atoms with Gasteiger partial charge in [-0.1, -0.05) is 35.5 Å². The van der Waals surface area contributed by atoms with Gasteiger partial charge in [-0.05, 0) is 6.42 Å². The van der Waals surface area contributed by atoms with E-state index in [0.29, 0.717) is 16.3 Å². The van der Waals surface area contributed by atoms with Crippen LogP contribution < -0.4 is 0 Å². The number of thioether (sulfide) groups is 1. The van der Waals surface area contributed by atoms with Crippen LogP contribution in [0.5, 0.6) is 0 Å². The van der Waals surface area contributed by atoms with Crippen molar-refractivity contribution in [1.29, 1.82) is 0 Å². The summed E-state index contributed by atoms with van der Waals surface area (Å²) in [6.07, 6.45) is -2.22. The predicted molar refractivity (Wildman–Crippen MR) is 80.8 cm³/mol. The quantitative estimate of drug-likeness (QED) is 0.414. The summed E-state index contributed by atoms with van der Waals surface area (Å²) in [5.41, 5.74) is 0.731. The van der Waals surface area contributed by atoms with E-state index in [9.17, 15) is 15.3 Å². The van der Waals surface area contributed by atoms with E-state index in [0.717, 1.165) is 12.2 Å². The monoisotopic (exact) mass is 345 g/mol. The fraction of sp³-hybridized carbons (Fsp3) is 0.667. The van der Waals surface area contributed by atoms with Gasteiger partial charge in [0.15, 0.2) is 21.5 Å². The molecule has 1 fully saturated rings. The summed E-state index contributed by atoms with van der Waals surface area (Å²) in [6.45, 7) is 2.05. The van der Waals surface area contributed by atoms with Gasteiger partial charge in [-0.15, -0.1) is 5.10 Å². The van der Waals surface area contributed by atoms with E-state index < -0.39 is 24.4 Å². The van der Waals surface area contributed by atoms with Crippen LogP contribution in [0.3, 0.4) is 0 Å². The molecule has 8 nitrogen and oxygen atoms in total. The molecule has 0 amide bonds. The van der Waals surface area contributed by atoms with Crippen molar-refractivity contribution >= 4 is 34.5 Å². The molecule has 1 saturated carbocycles. The number of hydrogen-bond donors (Lipinski definition) is 3. The van der Waals surface area contributed by atoms with Gasteiger partial charge in [-0.3, -0.25) is 0 Å². The zero-order valence-corrected chi connectivity index (χ0v) is 13.4. The molecular weight excluding hydrogens is 330 g/mol. The normalized spacial score (nSPS) is 28.6. The van der Waals surface area contributed by atoms with Gasteiger partial charge in [0.1, 0.15) is 12.2 Å². The molecule has 10 heteroatoms. The minimum Gasteiger partial charge on any atom is -0.390 e. The summed E-state index contributed by atoms with van der Waals surface area (Å²) in [7, 11) is 0. The first-order valence-electron chi connectivity index (χ1n) is 6.98. The molecule has 3 N–H and O–H groups in total. The molecule has 1 aliphatic carbocycles. The topological polar surface area (TPSA) is 117 Å². The van der Waals surface area contributed by atoms with Gasteiger partial charge in [0.2, 0.25) is 0 Å². The fourth-order valence-electron chi connectivity index (χ4n) is 2.49. The average Bonchev–Trinajstić information content (AvgIpc) is 3.02. The summed E-state index contributed by atoms with van der Waals surface area (Å²) in [5, 5.41) is 38.1. The molecule has 2 aromatic rings. The van der Waals surface area contributed by atoms with Crippen molar-refractivity contribution in [2.45, 2.75) is 49.3 Å². The Hall–Kier alpha value is -1.00. The van der Waals surface area contributed by atoms with E-state index in [-0.39, 0.29) is 11.6 Å². The summed E-state index contributed by atoms with van der Waals surface area (Å²) >= 11 is 7.58. The molecule has 22 heavy (non-hydrogen) atoms. The summed E-state index contributed by atoms with van der Waals surface area (Å²) < 4.78 is 1.41. The molecule has 4 atom stereocenters. The molecule has 0 radical (unpaired) electrons. The molecule has 0 saturated heterocycles. The number of nitrogens with zero attached hydrogens (tertiary/aromatic N) is 5. The smallest absolute Gasteiger partial charge is 0.191 e. The number of aliphatic hydroxyl groups is 3. The maximum Gasteiger partial charge on any atom is 0.191 e. The predicted octanol–water partition coefficient (Wildman–Crippen LogP) is 0.404. The van der Waals surface area contributed by atoms with Gasteiger partial charge in [0.05, 0.1) is 12.1 Å². The lowest BCUT2D eigenvalue weighted by Crippen LogP contribution is -2.31. The highest BCUT2D eigenvalue weighted by Gasteiger charge is 2.43. The van der Waals surface area contributed by atoms with Crippen molar-refractivity contribution in [1.82, 2.24) is 25.0 Å². The molecular formula is C12H16ClN5O3S. The Labute approximate surface area is 135 Å². The van der Waals surface area contributed by atoms with Crippen molar-refractivity contribution in [3.63, 3.8) is 0 Å². The molecule has 2 heterocycles. The minimum absolute atomic E-state index is 0.167. The highest BCUT2D eigenvalue weighted by atomic mass is 35.5. The maximum atomic E-state index is 10.1. The van der Waals surface area contributed by atoms with Gasteiger partial charge in [0.25, 0.3) is 0 Å². The van der Waals surface area contributed by atoms with Crippen molar-refractivity contribution in [3.05, 3.63) is 5.15 Å². The number of fused-ring (bicyclic) bond motifs is 1. The molecule has 1 aliphatic rings. The third-order valence-corrected chi connectivity index (χ3v) is 4.95. The van der Waals surface area contributed by atoms with Crippen LogP contribution in [0.2, 0.25) is 5.15 Å². The molecule has 3 rings (SSSR count). The van der Waals surface area contributed by atoms with Gasteiger partial charge in [-0.25, -0.2) is 14.6 Å². The zero-order chi connectivity index (χ0) is 15.9. The molecule has 0 aromatic carbocycles. The Balaban J connectivity index is 2.02. The third-order valence-electron chi connectivity index (χ3n) is 3.63. The summed E-state index contributed by atoms with van der Waals surface area (Å²) in [6, 6.07) is -0.606. The van der Waals surface area contributed by atoms with Crippen molar-refractivity contribution in [2.24, 2.45) is 0 Å². The number of halogens is 1. The van der Waals surface area contributed by atoms with Gasteiger partial charge in [0, 0.05) is 12.2 Å². The number of aliphatic hydroxyl groups excluding tert-OH is 3. The molecule has 2 aromatic heterocycles. The van der Waals surface area contributed by atoms with E-state index in [2.05, 4.69) is 27.2 Å². The summed E-state index contributed by atoms with van der Waals surface area (Å²) in [5.74, 6) is 0.854. The lowest BCUT2D eigenvalue weighted by atomic mass is 10.2. The standard InChI is InChI=1S/C12H16ClN5O3S/c1-2-3-22-12-14-10(13)7-11(15-12)18(17-16-7)5-4-6(19)9(21)8(5)20/h5-6,8-9,19-21H,2-4H2,1H3. The van der Waals surface area contributed by atoms with Crippen LogP contribution in [0.1, 0.15) is 25.8 Å². The van der Waals surface area contributed by atoms with Gasteiger partial charge >= 0.3 is 0 Å². The van der Waals surface area contributed by atoms with Crippen LogP contribution in [0.15, 0.2) is 5.16 Å². The highest BCUT2D eigenvalue weighted by molar-refractivity contribution is 7.99. The molecule has 120 valence electrons. The van der Waals surface area contributed by atoms with Crippen molar-refractivity contribution < 1.29 is 15.3 Å². The SMILES string of the molecule is CCCSc1nc(Cl)c2nnn(C3CC(O)C(O)C3O)c2n1. The number of aromatic nitrogens is 5. The van der Waals surface area contributed by atoms with Crippen LogP contribution in [0.4, 0.5) is 0 Å². The van der Waals surface area contributed by atoms with Crippen LogP contribution in [-0.2, 0) is 0 Å². The van der Waals surface area contributed by atoms with E-state index in [1.54, 1.807) is 0 Å². The second-order valence-electron chi connectivity index (χ2n) is 5.20. The first-order chi connectivity index (χ1) is 10.5. The minimum atomic E-state index is -1.21. The number of hydrogen-bond acceptors (Lipinski definition) is 8. The van der Waals surface area contributed by atoms with E-state index in [1.807, 2.05) is 0 Å². The second-order valence-corrected chi connectivity index (χ2v) is 6.62. The lowest BCUT2D eigenvalue weighted by Gasteiger charge is -2.16. The van der Waals surface area contributed by atoms with E-state index >= 15 is 0 Å². The summed E-state index contributed by atoms with van der Waals surface area (Å²) in [4.78, 5) is 8.56. The second kappa shape index (κ2) is 6.25. The Kier molecular flexibility index (Phi) is 4.51. The van der Waals surface area contributed by atoms with Crippen molar-refractivity contribution in [2.75, 3.05) is 5.75 Å². The Bertz CT molecular complexity index is 684. The van der Waals surface area contributed by atoms with E-state index in [4.69, 9.17) is 11.6 Å². The van der Waals surface area contributed by atoms with Gasteiger partial charge < -0.3 is 15.3 Å². The maximum absolute atomic E-state index is 10.1. The number of rotatable bonds is 4. The largest absolute Gasteiger partial charge is 0.390 e. The van der Waals surface area contributed by atoms with E-state index in [1.165, 1.54) is 16.4 Å². The Morgan fingerprint density at radius 3 is 2.68 bits per heavy atom. The van der Waals surface area contributed by atoms with Crippen LogP contribution in [0.25, 0.3) is 11.2 Å².